The first-order valence-electron chi connectivity index (χ1n) is 8.52. The fraction of sp³-hybridized carbons (Fsp3) is 0.588. The summed E-state index contributed by atoms with van der Waals surface area (Å²) in [5, 5.41) is 11.0. The van der Waals surface area contributed by atoms with Gasteiger partial charge in [-0.3, -0.25) is 0 Å². The van der Waals surface area contributed by atoms with E-state index in [0.717, 1.165) is 25.7 Å². The minimum absolute atomic E-state index is 0.0300. The van der Waals surface area contributed by atoms with Gasteiger partial charge in [0, 0.05) is 0 Å². The van der Waals surface area contributed by atoms with E-state index in [9.17, 15) is 14.9 Å². The van der Waals surface area contributed by atoms with Crippen LogP contribution in [0.3, 0.4) is 0 Å². The molecule has 0 spiro atoms. The van der Waals surface area contributed by atoms with Crippen molar-refractivity contribution in [3.8, 4) is 5.75 Å². The van der Waals surface area contributed by atoms with Crippen molar-refractivity contribution in [2.45, 2.75) is 58.5 Å². The monoisotopic (exact) mass is 429 g/mol. The van der Waals surface area contributed by atoms with Crippen LogP contribution in [0.1, 0.15) is 52.9 Å². The normalized spacial score (nSPS) is 11.5. The molecule has 0 atom stereocenters. The fourth-order valence-electron chi connectivity index (χ4n) is 2.39. The van der Waals surface area contributed by atoms with Crippen LogP contribution < -0.4 is 4.74 Å². The second kappa shape index (κ2) is 9.09. The average molecular weight is 428 g/mol. The molecule has 142 valence electrons. The Bertz CT molecular complexity index is 769. The Hall–Kier alpha value is -1.99. The van der Waals surface area contributed by atoms with Crippen LogP contribution in [0.25, 0.3) is 11.0 Å². The number of carbonyl (C=O) groups excluding carboxylic acids is 1. The minimum atomic E-state index is -0.451. The summed E-state index contributed by atoms with van der Waals surface area (Å²) < 4.78 is 19.3. The summed E-state index contributed by atoms with van der Waals surface area (Å²) in [5.74, 6) is 0.380. The number of benzene rings is 1. The molecule has 0 aliphatic heterocycles. The topological polar surface area (TPSA) is 104 Å². The predicted octanol–water partition coefficient (Wildman–Crippen LogP) is 3.27. The number of nitro groups is 1. The quantitative estimate of drug-likeness (QED) is 0.198. The summed E-state index contributed by atoms with van der Waals surface area (Å²) in [4.78, 5) is 22.1. The molecule has 8 nitrogen and oxygen atoms in total. The molecular formula is C17H23N3O5Se. The molecule has 2 aromatic rings. The number of ether oxygens (including phenoxy) is 2. The standard InChI is InChI=1S/C17H23N3O5Se/c1-17(2,3)25-14(21)8-6-4-5-7-11-24-13-10-9-12(20(22)23)15-16(13)19-26-18-15/h9-10H,4-8,11H2,1-3H3. The first-order valence-corrected chi connectivity index (χ1v) is 10.1. The fourth-order valence-corrected chi connectivity index (χ4v) is 3.57. The molecule has 0 fully saturated rings. The van der Waals surface area contributed by atoms with Crippen LogP contribution in [-0.4, -0.2) is 46.0 Å². The van der Waals surface area contributed by atoms with Crippen molar-refractivity contribution in [3.05, 3.63) is 22.2 Å². The number of non-ortho nitro benzene ring substituents is 1. The third kappa shape index (κ3) is 6.07. The van der Waals surface area contributed by atoms with E-state index in [1.807, 2.05) is 20.8 Å². The zero-order valence-electron chi connectivity index (χ0n) is 15.2. The summed E-state index contributed by atoms with van der Waals surface area (Å²) in [6.07, 6.45) is 3.91. The van der Waals surface area contributed by atoms with Gasteiger partial charge < -0.3 is 0 Å². The van der Waals surface area contributed by atoms with Gasteiger partial charge in [-0.15, -0.1) is 0 Å². The van der Waals surface area contributed by atoms with Crippen LogP contribution in [0.5, 0.6) is 5.75 Å². The van der Waals surface area contributed by atoms with Crippen LogP contribution >= 0.6 is 0 Å². The molecule has 0 bridgehead atoms. The number of aromatic nitrogens is 2. The Morgan fingerprint density at radius 3 is 2.54 bits per heavy atom. The van der Waals surface area contributed by atoms with Gasteiger partial charge in [-0.1, -0.05) is 0 Å². The van der Waals surface area contributed by atoms with Crippen molar-refractivity contribution in [2.75, 3.05) is 6.61 Å². The van der Waals surface area contributed by atoms with Gasteiger partial charge >= 0.3 is 132 Å². The third-order valence-corrected chi connectivity index (χ3v) is 4.62. The van der Waals surface area contributed by atoms with Gasteiger partial charge in [-0.05, 0) is 20.8 Å². The first kappa shape index (κ1) is 20.3. The Balaban J connectivity index is 1.70. The molecule has 0 saturated heterocycles. The molecule has 2 rings (SSSR count). The zero-order chi connectivity index (χ0) is 19.2. The van der Waals surface area contributed by atoms with Crippen LogP contribution in [0.4, 0.5) is 5.69 Å². The van der Waals surface area contributed by atoms with Crippen LogP contribution in [0.15, 0.2) is 12.1 Å². The van der Waals surface area contributed by atoms with E-state index in [4.69, 9.17) is 9.47 Å². The summed E-state index contributed by atoms with van der Waals surface area (Å²) >= 11 is -0.353. The number of fused-ring (bicyclic) bond motifs is 1. The predicted molar refractivity (Wildman–Crippen MR) is 97.6 cm³/mol. The molecule has 0 amide bonds. The van der Waals surface area contributed by atoms with E-state index in [-0.39, 0.29) is 26.6 Å². The van der Waals surface area contributed by atoms with E-state index in [2.05, 4.69) is 7.96 Å². The second-order valence-corrected chi connectivity index (χ2v) is 8.01. The Kier molecular flexibility index (Phi) is 7.11. The number of carbonyl (C=O) groups is 1. The summed E-state index contributed by atoms with van der Waals surface area (Å²) in [6.45, 7) is 6.08. The summed E-state index contributed by atoms with van der Waals surface area (Å²) in [6, 6.07) is 3.00. The SMILES string of the molecule is CC(C)(C)OC(=O)CCCCCCOc1ccc([N+](=O)[O-])c2n[se]nc12. The van der Waals surface area contributed by atoms with Crippen molar-refractivity contribution >= 4 is 37.7 Å². The Morgan fingerprint density at radius 2 is 1.85 bits per heavy atom. The van der Waals surface area contributed by atoms with E-state index in [0.29, 0.717) is 29.8 Å². The summed E-state index contributed by atoms with van der Waals surface area (Å²) in [7, 11) is 0. The average Bonchev–Trinajstić information content (AvgIpc) is 3.01. The number of nitrogens with zero attached hydrogens (tertiary/aromatic N) is 3. The van der Waals surface area contributed by atoms with E-state index in [1.54, 1.807) is 6.07 Å². The zero-order valence-corrected chi connectivity index (χ0v) is 16.9. The molecule has 0 N–H and O–H groups in total. The Morgan fingerprint density at radius 1 is 1.15 bits per heavy atom. The van der Waals surface area contributed by atoms with E-state index >= 15 is 0 Å². The second-order valence-electron chi connectivity index (χ2n) is 6.90. The molecule has 0 aliphatic carbocycles. The molecule has 9 heteroatoms. The molecule has 26 heavy (non-hydrogen) atoms. The first-order chi connectivity index (χ1) is 12.3. The van der Waals surface area contributed by atoms with Crippen molar-refractivity contribution in [2.24, 2.45) is 0 Å². The molecular weight excluding hydrogens is 405 g/mol. The van der Waals surface area contributed by atoms with Crippen molar-refractivity contribution in [1.29, 1.82) is 0 Å². The molecule has 0 radical (unpaired) electrons. The van der Waals surface area contributed by atoms with Crippen molar-refractivity contribution in [1.82, 2.24) is 7.96 Å². The van der Waals surface area contributed by atoms with Gasteiger partial charge in [0.2, 0.25) is 0 Å². The number of hydrogen-bond donors (Lipinski definition) is 0. The van der Waals surface area contributed by atoms with Gasteiger partial charge in [0.25, 0.3) is 0 Å². The van der Waals surface area contributed by atoms with Gasteiger partial charge in [0.15, 0.2) is 0 Å². The molecule has 1 aromatic carbocycles. The maximum absolute atomic E-state index is 11.6. The molecule has 1 aromatic heterocycles. The van der Waals surface area contributed by atoms with E-state index < -0.39 is 10.5 Å². The molecule has 0 aliphatic rings. The van der Waals surface area contributed by atoms with Crippen molar-refractivity contribution in [3.63, 3.8) is 0 Å². The number of unbranched alkanes of at least 4 members (excludes halogenated alkanes) is 3. The molecule has 1 heterocycles. The van der Waals surface area contributed by atoms with Gasteiger partial charge in [-0.25, -0.2) is 0 Å². The van der Waals surface area contributed by atoms with Crippen LogP contribution in [0.2, 0.25) is 0 Å². The number of esters is 1. The number of rotatable bonds is 9. The van der Waals surface area contributed by atoms with Gasteiger partial charge in [0.05, 0.1) is 0 Å². The maximum atomic E-state index is 11.6. The van der Waals surface area contributed by atoms with Crippen molar-refractivity contribution < 1.29 is 19.2 Å². The molecule has 0 unspecified atom stereocenters. The third-order valence-electron chi connectivity index (χ3n) is 3.51. The number of nitro benzene ring substituents is 1. The van der Waals surface area contributed by atoms with E-state index in [1.165, 1.54) is 6.07 Å². The molecule has 0 saturated carbocycles. The van der Waals surface area contributed by atoms with Crippen LogP contribution in [-0.2, 0) is 9.53 Å². The Labute approximate surface area is 158 Å². The summed E-state index contributed by atoms with van der Waals surface area (Å²) in [5.41, 5.74) is 0.348. The van der Waals surface area contributed by atoms with Crippen LogP contribution in [0, 0.1) is 10.1 Å². The van der Waals surface area contributed by atoms with Gasteiger partial charge in [0.1, 0.15) is 5.60 Å². The number of hydrogen-bond acceptors (Lipinski definition) is 7. The van der Waals surface area contributed by atoms with Gasteiger partial charge in [-0.2, -0.15) is 0 Å².